The zero-order valence-corrected chi connectivity index (χ0v) is 22.9. The predicted molar refractivity (Wildman–Crippen MR) is 150 cm³/mol. The fourth-order valence-electron chi connectivity index (χ4n) is 7.36. The van der Waals surface area contributed by atoms with Crippen molar-refractivity contribution in [2.45, 2.75) is 50.5 Å². The summed E-state index contributed by atoms with van der Waals surface area (Å²) in [7, 11) is 0. The van der Waals surface area contributed by atoms with Gasteiger partial charge in [0.05, 0.1) is 0 Å². The van der Waals surface area contributed by atoms with Crippen molar-refractivity contribution in [1.82, 2.24) is 0 Å². The molecule has 2 aliphatic rings. The zero-order valence-electron chi connectivity index (χ0n) is 21.4. The second kappa shape index (κ2) is 10.4. The van der Waals surface area contributed by atoms with Crippen LogP contribution in [0.3, 0.4) is 0 Å². The quantitative estimate of drug-likeness (QED) is 0.220. The van der Waals surface area contributed by atoms with Crippen molar-refractivity contribution in [3.63, 3.8) is 0 Å². The number of hydrogen-bond acceptors (Lipinski definition) is 0. The second-order valence-electron chi connectivity index (χ2n) is 11.0. The second-order valence-corrected chi connectivity index (χ2v) is 18.0. The van der Waals surface area contributed by atoms with Gasteiger partial charge in [0.25, 0.3) is 0 Å². The van der Waals surface area contributed by atoms with Crippen molar-refractivity contribution >= 4 is 5.57 Å². The first kappa shape index (κ1) is 23.7. The molecule has 0 nitrogen and oxygen atoms in total. The Labute approximate surface area is 220 Å². The van der Waals surface area contributed by atoms with Gasteiger partial charge in [-0.05, 0) is 0 Å². The van der Waals surface area contributed by atoms with Crippen LogP contribution in [-0.4, -0.2) is 0 Å². The van der Waals surface area contributed by atoms with E-state index < -0.39 is 16.6 Å². The van der Waals surface area contributed by atoms with Gasteiger partial charge in [-0.25, -0.2) is 0 Å². The van der Waals surface area contributed by atoms with Gasteiger partial charge in [-0.15, -0.1) is 0 Å². The van der Waals surface area contributed by atoms with Crippen LogP contribution in [0.1, 0.15) is 59.9 Å². The molecule has 0 spiro atoms. The molecule has 180 valence electrons. The van der Waals surface area contributed by atoms with Crippen LogP contribution in [0.25, 0.3) is 5.57 Å². The van der Waals surface area contributed by atoms with Gasteiger partial charge >= 0.3 is 221 Å². The minimum atomic E-state index is -2.66. The molecule has 0 saturated heterocycles. The number of benzene rings is 4. The average molecular weight is 505 g/mol. The first-order valence-corrected chi connectivity index (χ1v) is 17.9. The molecular formula is C35H36Ti. The summed E-state index contributed by atoms with van der Waals surface area (Å²) in [5.41, 5.74) is 11.3. The van der Waals surface area contributed by atoms with Gasteiger partial charge in [0, 0.05) is 0 Å². The third-order valence-electron chi connectivity index (χ3n) is 8.80. The van der Waals surface area contributed by atoms with E-state index in [-0.39, 0.29) is 0 Å². The normalized spacial score (nSPS) is 19.1. The van der Waals surface area contributed by atoms with Crippen LogP contribution in [0.15, 0.2) is 121 Å². The van der Waals surface area contributed by atoms with Gasteiger partial charge in [-0.1, -0.05) is 0 Å². The fourth-order valence-corrected chi connectivity index (χ4v) is 17.0. The molecule has 0 saturated carbocycles. The van der Waals surface area contributed by atoms with E-state index in [1.165, 1.54) is 33.4 Å². The van der Waals surface area contributed by atoms with E-state index >= 15 is 0 Å². The number of hydrogen-bond donors (Lipinski definition) is 0. The van der Waals surface area contributed by atoms with Crippen molar-refractivity contribution in [3.05, 3.63) is 149 Å². The molecule has 4 aromatic carbocycles. The van der Waals surface area contributed by atoms with Crippen molar-refractivity contribution in [3.8, 4) is 0 Å². The molecule has 0 bridgehead atoms. The molecule has 36 heavy (non-hydrogen) atoms. The van der Waals surface area contributed by atoms with Gasteiger partial charge < -0.3 is 0 Å². The standard InChI is InChI=1S/C14H15.3C7H7.Ti/c1-10-11-6-2-4-8-13(11)14-9-5-3-7-12(10)14;3*1-7-5-3-2-4-6-7;/h2,4,6-8,10H,3,5,9H2,1H3;3*2-6H,1H2;. The summed E-state index contributed by atoms with van der Waals surface area (Å²) < 4.78 is 4.61. The van der Waals surface area contributed by atoms with Crippen LogP contribution in [0.4, 0.5) is 0 Å². The molecule has 0 heterocycles. The first-order valence-electron chi connectivity index (χ1n) is 13.7. The van der Waals surface area contributed by atoms with Gasteiger partial charge in [0.2, 0.25) is 0 Å². The number of rotatable bonds is 7. The predicted octanol–water partition coefficient (Wildman–Crippen LogP) is 9.28. The molecule has 2 atom stereocenters. The fraction of sp³-hybridized carbons (Fsp3) is 0.257. The van der Waals surface area contributed by atoms with E-state index in [0.717, 1.165) is 4.22 Å². The summed E-state index contributed by atoms with van der Waals surface area (Å²) in [4.78, 5) is 0. The first-order chi connectivity index (χ1) is 17.7. The third kappa shape index (κ3) is 4.58. The molecule has 0 radical (unpaired) electrons. The maximum atomic E-state index is 2.50. The summed E-state index contributed by atoms with van der Waals surface area (Å²) >= 11 is -2.66. The van der Waals surface area contributed by atoms with Gasteiger partial charge in [-0.3, -0.25) is 0 Å². The topological polar surface area (TPSA) is 0 Å². The third-order valence-corrected chi connectivity index (χ3v) is 17.3. The summed E-state index contributed by atoms with van der Waals surface area (Å²) in [6, 6.07) is 43.6. The Morgan fingerprint density at radius 3 is 1.61 bits per heavy atom. The van der Waals surface area contributed by atoms with Crippen molar-refractivity contribution in [2.75, 3.05) is 0 Å². The molecule has 4 aromatic rings. The molecule has 1 heteroatoms. The van der Waals surface area contributed by atoms with Crippen molar-refractivity contribution in [1.29, 1.82) is 0 Å². The number of fused-ring (bicyclic) bond motifs is 2. The molecular weight excluding hydrogens is 468 g/mol. The average Bonchev–Trinajstić information content (AvgIpc) is 3.22. The summed E-state index contributed by atoms with van der Waals surface area (Å²) in [5, 5.41) is 0. The van der Waals surface area contributed by atoms with E-state index in [4.69, 9.17) is 0 Å². The van der Waals surface area contributed by atoms with Crippen LogP contribution in [0.5, 0.6) is 0 Å². The molecule has 2 aliphatic carbocycles. The monoisotopic (exact) mass is 504 g/mol. The van der Waals surface area contributed by atoms with Gasteiger partial charge in [0.1, 0.15) is 0 Å². The van der Waals surface area contributed by atoms with Crippen LogP contribution >= 0.6 is 0 Å². The molecule has 2 unspecified atom stereocenters. The van der Waals surface area contributed by atoms with Crippen molar-refractivity contribution in [2.24, 2.45) is 0 Å². The Morgan fingerprint density at radius 2 is 1.08 bits per heavy atom. The van der Waals surface area contributed by atoms with E-state index in [9.17, 15) is 0 Å². The molecule has 0 amide bonds. The van der Waals surface area contributed by atoms with Crippen LogP contribution in [-0.2, 0) is 30.8 Å². The molecule has 0 aromatic heterocycles. The van der Waals surface area contributed by atoms with Gasteiger partial charge in [0.15, 0.2) is 0 Å². The molecule has 0 fully saturated rings. The molecule has 0 N–H and O–H groups in total. The van der Waals surface area contributed by atoms with Crippen molar-refractivity contribution < 1.29 is 16.6 Å². The van der Waals surface area contributed by atoms with E-state index in [2.05, 4.69) is 122 Å². The Kier molecular flexibility index (Phi) is 6.83. The molecule has 6 rings (SSSR count). The Bertz CT molecular complexity index is 1240. The zero-order chi connectivity index (χ0) is 24.4. The molecule has 0 aliphatic heterocycles. The number of allylic oxidation sites excluding steroid dienone is 2. The Balaban J connectivity index is 1.52. The maximum absolute atomic E-state index is 2.66. The summed E-state index contributed by atoms with van der Waals surface area (Å²) in [6.45, 7) is 2.50. The van der Waals surface area contributed by atoms with E-state index in [1.54, 1.807) is 33.4 Å². The van der Waals surface area contributed by atoms with E-state index in [1.807, 2.05) is 5.57 Å². The van der Waals surface area contributed by atoms with Crippen LogP contribution < -0.4 is 0 Å². The Hall–Kier alpha value is -2.67. The minimum absolute atomic E-state index is 0.550. The van der Waals surface area contributed by atoms with Crippen LogP contribution in [0, 0.1) is 0 Å². The van der Waals surface area contributed by atoms with Crippen LogP contribution in [0.2, 0.25) is 4.22 Å². The summed E-state index contributed by atoms with van der Waals surface area (Å²) in [6.07, 6.45) is 3.95. The van der Waals surface area contributed by atoms with Gasteiger partial charge in [-0.2, -0.15) is 0 Å². The SMILES string of the molecule is CC1C2=C(CCC[CH]2[Ti]([CH2]c2ccccc2)([CH2]c2ccccc2)[CH2]c2ccccc2)c2ccccc21. The van der Waals surface area contributed by atoms with E-state index in [0.29, 0.717) is 5.92 Å². The summed E-state index contributed by atoms with van der Waals surface area (Å²) in [5.74, 6) is 0.550. The Morgan fingerprint density at radius 1 is 0.611 bits per heavy atom.